The highest BCUT2D eigenvalue weighted by molar-refractivity contribution is 7.86. The first-order chi connectivity index (χ1) is 19.8. The number of fused-ring (bicyclic) bond motifs is 2. The van der Waals surface area contributed by atoms with Gasteiger partial charge in [0.2, 0.25) is 0 Å². The van der Waals surface area contributed by atoms with Crippen LogP contribution in [-0.2, 0) is 35.1 Å². The summed E-state index contributed by atoms with van der Waals surface area (Å²) in [4.78, 5) is 9.58. The van der Waals surface area contributed by atoms with E-state index in [2.05, 4.69) is 10.6 Å². The molecule has 0 aliphatic heterocycles. The van der Waals surface area contributed by atoms with E-state index in [1.807, 2.05) is 0 Å². The number of phenolic OH excluding ortho intramolecular Hbond substituents is 2. The van der Waals surface area contributed by atoms with Gasteiger partial charge in [-0.05, 0) is 59.3 Å². The van der Waals surface area contributed by atoms with Gasteiger partial charge in [0.15, 0.2) is 0 Å². The van der Waals surface area contributed by atoms with Gasteiger partial charge >= 0.3 is 5.97 Å². The summed E-state index contributed by atoms with van der Waals surface area (Å²) in [5.74, 6) is -2.00. The smallest absolute Gasteiger partial charge is 0.305 e. The second-order valence-corrected chi connectivity index (χ2v) is 13.4. The minimum Gasteiger partial charge on any atom is -0.507 e. The highest BCUT2D eigenvalue weighted by Crippen LogP contribution is 2.31. The summed E-state index contributed by atoms with van der Waals surface area (Å²) >= 11 is 0. The lowest BCUT2D eigenvalue weighted by Gasteiger charge is -2.09. The number of hydrogen-bond acceptors (Lipinski definition) is 11. The first-order valence-corrected chi connectivity index (χ1v) is 16.5. The minimum atomic E-state index is -4.46. The average Bonchev–Trinajstić information content (AvgIpc) is 2.86. The molecule has 43 heavy (non-hydrogen) atoms. The second-order valence-electron chi connectivity index (χ2n) is 8.99. The molecule has 0 heterocycles. The van der Waals surface area contributed by atoms with E-state index in [1.54, 1.807) is 24.3 Å². The van der Waals surface area contributed by atoms with Crippen LogP contribution in [-0.4, -0.2) is 79.0 Å². The summed E-state index contributed by atoms with van der Waals surface area (Å²) in [6.07, 6.45) is -0.0612. The van der Waals surface area contributed by atoms with Crippen molar-refractivity contribution in [1.29, 1.82) is 0 Å². The van der Waals surface area contributed by atoms with E-state index in [4.69, 9.17) is 18.8 Å². The van der Waals surface area contributed by atoms with Crippen LogP contribution in [0, 0.1) is 0 Å². The molecule has 0 aromatic heterocycles. The van der Waals surface area contributed by atoms with Crippen LogP contribution in [0.3, 0.4) is 0 Å². The topological polar surface area (TPSA) is 265 Å². The van der Waals surface area contributed by atoms with Gasteiger partial charge in [0, 0.05) is 47.4 Å². The van der Waals surface area contributed by atoms with Gasteiger partial charge in [-0.1, -0.05) is 0 Å². The summed E-state index contributed by atoms with van der Waals surface area (Å²) in [5.41, 5.74) is 1.04. The molecule has 0 radical (unpaired) electrons. The Morgan fingerprint density at radius 3 is 1.42 bits per heavy atom. The molecule has 4 aromatic rings. The molecule has 0 aliphatic rings. The van der Waals surface area contributed by atoms with Crippen LogP contribution in [0.2, 0.25) is 0 Å². The number of carboxylic acids is 1. The van der Waals surface area contributed by atoms with Crippen LogP contribution in [0.25, 0.3) is 21.5 Å². The van der Waals surface area contributed by atoms with E-state index in [-0.39, 0.29) is 31.0 Å². The van der Waals surface area contributed by atoms with Gasteiger partial charge < -0.3 is 26.0 Å². The summed E-state index contributed by atoms with van der Waals surface area (Å²) in [6.45, 7) is 0.166. The Kier molecular flexibility index (Phi) is 10.1. The number of benzene rings is 4. The number of phenols is 2. The third kappa shape index (κ3) is 9.66. The van der Waals surface area contributed by atoms with Gasteiger partial charge in [-0.2, -0.15) is 25.3 Å². The van der Waals surface area contributed by atoms with Gasteiger partial charge in [-0.25, -0.2) is 0 Å². The van der Waals surface area contributed by atoms with Crippen LogP contribution in [0.15, 0.2) is 70.5 Å². The van der Waals surface area contributed by atoms with Crippen molar-refractivity contribution in [3.8, 4) is 11.5 Å². The molecule has 232 valence electrons. The number of aliphatic carboxylic acids is 1. The first kappa shape index (κ1) is 33.3. The Morgan fingerprint density at radius 2 is 1.05 bits per heavy atom. The molecule has 0 bridgehead atoms. The maximum absolute atomic E-state index is 11.1. The van der Waals surface area contributed by atoms with E-state index < -0.39 is 51.9 Å². The molecular weight excluding hydrogens is 632 g/mol. The standard InChI is InChI=1S/C13H13NO6S.C12H13NO7S2/c15-12-7-10(21(18,19)20)6-8-5-9(1-2-11(8)12)14-4-3-13(16)17;14-12-7-10(22(18,19)20)6-8-5-9(1-2-11(8)12)13-3-4-21(15,16)17/h1-2,5-7,14-15H,3-4H2,(H,16,17)(H,18,19,20);1-2,5-7,13-14H,3-4H2,(H,15,16,17)(H,18,19,20). The van der Waals surface area contributed by atoms with E-state index >= 15 is 0 Å². The zero-order chi connectivity index (χ0) is 32.2. The zero-order valence-electron chi connectivity index (χ0n) is 21.9. The van der Waals surface area contributed by atoms with Crippen molar-refractivity contribution in [2.45, 2.75) is 16.2 Å². The third-order valence-electron chi connectivity index (χ3n) is 5.76. The fourth-order valence-electron chi connectivity index (χ4n) is 3.80. The molecular formula is C25H26N2O13S3. The fourth-order valence-corrected chi connectivity index (χ4v) is 5.23. The Bertz CT molecular complexity index is 2010. The van der Waals surface area contributed by atoms with Crippen molar-refractivity contribution in [3.05, 3.63) is 60.7 Å². The second kappa shape index (κ2) is 13.0. The normalized spacial score (nSPS) is 12.0. The van der Waals surface area contributed by atoms with Crippen LogP contribution in [0.4, 0.5) is 11.4 Å². The summed E-state index contributed by atoms with van der Waals surface area (Å²) in [5, 5.41) is 35.3. The molecule has 18 heteroatoms. The third-order valence-corrected chi connectivity index (χ3v) is 8.14. The van der Waals surface area contributed by atoms with E-state index in [9.17, 15) is 40.3 Å². The molecule has 0 spiro atoms. The first-order valence-electron chi connectivity index (χ1n) is 12.0. The molecule has 0 unspecified atom stereocenters. The lowest BCUT2D eigenvalue weighted by Crippen LogP contribution is -2.14. The van der Waals surface area contributed by atoms with E-state index in [0.29, 0.717) is 32.9 Å². The van der Waals surface area contributed by atoms with E-state index in [1.165, 1.54) is 24.3 Å². The van der Waals surface area contributed by atoms with Crippen molar-refractivity contribution in [2.24, 2.45) is 0 Å². The molecule has 15 nitrogen and oxygen atoms in total. The molecule has 4 aromatic carbocycles. The van der Waals surface area contributed by atoms with Gasteiger partial charge in [0.25, 0.3) is 30.4 Å². The van der Waals surface area contributed by atoms with Crippen molar-refractivity contribution in [1.82, 2.24) is 0 Å². The van der Waals surface area contributed by atoms with Crippen LogP contribution in [0.1, 0.15) is 6.42 Å². The summed E-state index contributed by atoms with van der Waals surface area (Å²) < 4.78 is 92.4. The summed E-state index contributed by atoms with van der Waals surface area (Å²) in [7, 11) is -13.0. The zero-order valence-corrected chi connectivity index (χ0v) is 24.3. The molecule has 0 atom stereocenters. The maximum atomic E-state index is 11.1. The Hall–Kier alpha value is -4.20. The number of aromatic hydroxyl groups is 2. The van der Waals surface area contributed by atoms with Crippen LogP contribution >= 0.6 is 0 Å². The number of anilines is 2. The fraction of sp³-hybridized carbons (Fsp3) is 0.160. The Morgan fingerprint density at radius 1 is 0.628 bits per heavy atom. The maximum Gasteiger partial charge on any atom is 0.305 e. The lowest BCUT2D eigenvalue weighted by molar-refractivity contribution is -0.136. The van der Waals surface area contributed by atoms with Crippen LogP contribution < -0.4 is 10.6 Å². The van der Waals surface area contributed by atoms with Crippen molar-refractivity contribution in [2.75, 3.05) is 29.5 Å². The number of rotatable bonds is 10. The summed E-state index contributed by atoms with van der Waals surface area (Å²) in [6, 6.07) is 13.6. The van der Waals surface area contributed by atoms with Crippen LogP contribution in [0.5, 0.6) is 11.5 Å². The lowest BCUT2D eigenvalue weighted by atomic mass is 10.1. The number of carboxylic acid groups (broad SMARTS) is 1. The molecule has 0 saturated carbocycles. The Balaban J connectivity index is 0.000000236. The van der Waals surface area contributed by atoms with Gasteiger partial charge in [0.1, 0.15) is 11.5 Å². The molecule has 0 aliphatic carbocycles. The highest BCUT2D eigenvalue weighted by Gasteiger charge is 2.15. The predicted octanol–water partition coefficient (Wildman–Crippen LogP) is 2.77. The van der Waals surface area contributed by atoms with Gasteiger partial charge in [-0.3, -0.25) is 18.5 Å². The molecule has 4 rings (SSSR count). The number of hydrogen-bond donors (Lipinski definition) is 8. The van der Waals surface area contributed by atoms with Crippen molar-refractivity contribution in [3.63, 3.8) is 0 Å². The molecule has 8 N–H and O–H groups in total. The monoisotopic (exact) mass is 658 g/mol. The van der Waals surface area contributed by atoms with Crippen molar-refractivity contribution < 1.29 is 59.0 Å². The van der Waals surface area contributed by atoms with Crippen molar-refractivity contribution >= 4 is 69.2 Å². The molecule has 0 fully saturated rings. The van der Waals surface area contributed by atoms with Gasteiger partial charge in [0.05, 0.1) is 22.0 Å². The molecule has 0 saturated heterocycles. The van der Waals surface area contributed by atoms with E-state index in [0.717, 1.165) is 12.1 Å². The largest absolute Gasteiger partial charge is 0.507 e. The van der Waals surface area contributed by atoms with Gasteiger partial charge in [-0.15, -0.1) is 0 Å². The predicted molar refractivity (Wildman–Crippen MR) is 157 cm³/mol. The quantitative estimate of drug-likeness (QED) is 0.114. The number of nitrogens with one attached hydrogen (secondary N) is 2. The average molecular weight is 659 g/mol. The SMILES string of the molecule is O=C(O)CCNc1ccc2c(O)cc(S(=O)(=O)O)cc2c1.O=S(=O)(O)CCNc1ccc2c(O)cc(S(=O)(=O)O)cc2c1. The highest BCUT2D eigenvalue weighted by atomic mass is 32.2. The molecule has 0 amide bonds. The Labute approximate surface area is 245 Å². The minimum absolute atomic E-state index is 0.0473. The number of carbonyl (C=O) groups is 1.